The lowest BCUT2D eigenvalue weighted by molar-refractivity contribution is -0.00628. The number of hydrogen-bond donors (Lipinski definition) is 0. The molecule has 2 aliphatic carbocycles. The van der Waals surface area contributed by atoms with Crippen LogP contribution in [0.1, 0.15) is 91.8 Å². The molecule has 2 aromatic carbocycles. The van der Waals surface area contributed by atoms with Crippen LogP contribution in [0.4, 0.5) is 4.39 Å². The third kappa shape index (κ3) is 6.25. The lowest BCUT2D eigenvalue weighted by Gasteiger charge is -2.42. The zero-order chi connectivity index (χ0) is 23.9. The first-order valence-electron chi connectivity index (χ1n) is 12.8. The summed E-state index contributed by atoms with van der Waals surface area (Å²) in [5.41, 5.74) is 0.295. The van der Waals surface area contributed by atoms with Crippen LogP contribution < -0.4 is 4.74 Å². The average molecular weight is 467 g/mol. The van der Waals surface area contributed by atoms with Gasteiger partial charge in [-0.2, -0.15) is 0 Å². The summed E-state index contributed by atoms with van der Waals surface area (Å²) in [5.74, 6) is 0.855. The van der Waals surface area contributed by atoms with Crippen LogP contribution in [0.2, 0.25) is 0 Å². The van der Waals surface area contributed by atoms with Gasteiger partial charge < -0.3 is 9.47 Å². The first kappa shape index (κ1) is 24.4. The van der Waals surface area contributed by atoms with Crippen LogP contribution in [0.3, 0.4) is 0 Å². The van der Waals surface area contributed by atoms with Gasteiger partial charge in [0.05, 0.1) is 11.1 Å². The standard InChI is InChI=1S/C29H35FO4/c1-2-3-4-7-20-10-11-23-19-25(17-14-22(23)18-20)34-28(31)21-12-15-24(16-13-21)33-29(32)26-8-5-6-9-27(26)30/h5-6,8-9,12-13,15-16,20,22-23,25H,2-4,7,10-11,14,17-19H2,1H3/t20-,22-,23+,25-/m1/s1. The summed E-state index contributed by atoms with van der Waals surface area (Å²) in [6.45, 7) is 2.26. The molecule has 0 aromatic heterocycles. The molecule has 2 aliphatic rings. The van der Waals surface area contributed by atoms with Crippen molar-refractivity contribution in [3.8, 4) is 5.75 Å². The Kier molecular flexibility index (Phi) is 8.36. The Morgan fingerprint density at radius 1 is 0.882 bits per heavy atom. The van der Waals surface area contributed by atoms with E-state index in [0.717, 1.165) is 31.1 Å². The van der Waals surface area contributed by atoms with Gasteiger partial charge in [0, 0.05) is 0 Å². The van der Waals surface area contributed by atoms with Crippen LogP contribution in [-0.2, 0) is 4.74 Å². The summed E-state index contributed by atoms with van der Waals surface area (Å²) in [6, 6.07) is 11.9. The molecule has 34 heavy (non-hydrogen) atoms. The lowest BCUT2D eigenvalue weighted by atomic mass is 9.66. The SMILES string of the molecule is CCCCC[C@@H]1CC[C@H]2C[C@H](OC(=O)c3ccc(OC(=O)c4ccccc4F)cc3)CC[C@@H]2C1. The number of ether oxygens (including phenoxy) is 2. The maximum absolute atomic E-state index is 13.8. The molecule has 0 spiro atoms. The van der Waals surface area contributed by atoms with Crippen LogP contribution in [0, 0.1) is 23.6 Å². The second-order valence-electron chi connectivity index (χ2n) is 9.93. The van der Waals surface area contributed by atoms with E-state index in [1.807, 2.05) is 0 Å². The molecule has 2 aromatic rings. The molecule has 0 N–H and O–H groups in total. The fourth-order valence-corrected chi connectivity index (χ4v) is 5.66. The van der Waals surface area contributed by atoms with E-state index in [9.17, 15) is 14.0 Å². The van der Waals surface area contributed by atoms with E-state index in [1.54, 1.807) is 18.2 Å². The number of carbonyl (C=O) groups is 2. The minimum Gasteiger partial charge on any atom is -0.459 e. The van der Waals surface area contributed by atoms with Gasteiger partial charge in [0.15, 0.2) is 0 Å². The van der Waals surface area contributed by atoms with Crippen LogP contribution in [0.15, 0.2) is 48.5 Å². The molecule has 0 saturated heterocycles. The Bertz CT molecular complexity index is 970. The third-order valence-corrected chi connectivity index (χ3v) is 7.56. The van der Waals surface area contributed by atoms with Crippen LogP contribution in [-0.4, -0.2) is 18.0 Å². The topological polar surface area (TPSA) is 52.6 Å². The van der Waals surface area contributed by atoms with E-state index in [2.05, 4.69) is 6.92 Å². The Balaban J connectivity index is 1.25. The third-order valence-electron chi connectivity index (χ3n) is 7.56. The fourth-order valence-electron chi connectivity index (χ4n) is 5.66. The number of unbranched alkanes of at least 4 members (excludes halogenated alkanes) is 2. The molecular formula is C29H35FO4. The highest BCUT2D eigenvalue weighted by molar-refractivity contribution is 5.92. The quantitative estimate of drug-likeness (QED) is 0.232. The van der Waals surface area contributed by atoms with E-state index in [1.165, 1.54) is 75.3 Å². The Labute approximate surface area is 201 Å². The monoisotopic (exact) mass is 466 g/mol. The summed E-state index contributed by atoms with van der Waals surface area (Å²) >= 11 is 0. The smallest absolute Gasteiger partial charge is 0.346 e. The van der Waals surface area contributed by atoms with E-state index < -0.39 is 11.8 Å². The molecule has 0 unspecified atom stereocenters. The van der Waals surface area contributed by atoms with E-state index in [-0.39, 0.29) is 23.4 Å². The van der Waals surface area contributed by atoms with Gasteiger partial charge in [-0.3, -0.25) is 0 Å². The first-order valence-corrected chi connectivity index (χ1v) is 12.8. The van der Waals surface area contributed by atoms with E-state index in [0.29, 0.717) is 11.5 Å². The highest BCUT2D eigenvalue weighted by Gasteiger charge is 2.36. The number of benzene rings is 2. The van der Waals surface area contributed by atoms with Crippen molar-refractivity contribution in [3.05, 3.63) is 65.5 Å². The van der Waals surface area contributed by atoms with Crippen molar-refractivity contribution in [1.29, 1.82) is 0 Å². The molecule has 0 heterocycles. The Hall–Kier alpha value is -2.69. The zero-order valence-electron chi connectivity index (χ0n) is 20.0. The number of halogens is 1. The van der Waals surface area contributed by atoms with Crippen molar-refractivity contribution in [2.75, 3.05) is 0 Å². The Morgan fingerprint density at radius 2 is 1.62 bits per heavy atom. The molecule has 2 saturated carbocycles. The van der Waals surface area contributed by atoms with Gasteiger partial charge in [-0.25, -0.2) is 14.0 Å². The summed E-state index contributed by atoms with van der Waals surface area (Å²) in [5, 5.41) is 0. The lowest BCUT2D eigenvalue weighted by Crippen LogP contribution is -2.35. The Morgan fingerprint density at radius 3 is 2.38 bits per heavy atom. The van der Waals surface area contributed by atoms with Crippen molar-refractivity contribution >= 4 is 11.9 Å². The number of carbonyl (C=O) groups excluding carboxylic acids is 2. The largest absolute Gasteiger partial charge is 0.459 e. The molecule has 4 atom stereocenters. The number of hydrogen-bond acceptors (Lipinski definition) is 4. The second kappa shape index (κ2) is 11.6. The molecule has 5 heteroatoms. The molecule has 0 aliphatic heterocycles. The molecular weight excluding hydrogens is 431 g/mol. The number of fused-ring (bicyclic) bond motifs is 1. The summed E-state index contributed by atoms with van der Waals surface area (Å²) in [4.78, 5) is 24.9. The molecule has 0 bridgehead atoms. The average Bonchev–Trinajstić information content (AvgIpc) is 2.85. The van der Waals surface area contributed by atoms with Gasteiger partial charge in [0.2, 0.25) is 0 Å². The van der Waals surface area contributed by atoms with E-state index in [4.69, 9.17) is 9.47 Å². The number of esters is 2. The summed E-state index contributed by atoms with van der Waals surface area (Å²) < 4.78 is 24.8. The van der Waals surface area contributed by atoms with Gasteiger partial charge in [0.1, 0.15) is 17.7 Å². The first-order chi connectivity index (χ1) is 16.5. The highest BCUT2D eigenvalue weighted by Crippen LogP contribution is 2.44. The molecule has 2 fully saturated rings. The van der Waals surface area contributed by atoms with Gasteiger partial charge in [-0.1, -0.05) is 51.2 Å². The maximum atomic E-state index is 13.8. The van der Waals surface area contributed by atoms with Crippen molar-refractivity contribution < 1.29 is 23.5 Å². The highest BCUT2D eigenvalue weighted by atomic mass is 19.1. The van der Waals surface area contributed by atoms with Crippen LogP contribution >= 0.6 is 0 Å². The minimum absolute atomic E-state index is 0.0241. The molecule has 182 valence electrons. The minimum atomic E-state index is -0.773. The normalized spacial score (nSPS) is 24.2. The van der Waals surface area contributed by atoms with Crippen molar-refractivity contribution in [1.82, 2.24) is 0 Å². The molecule has 4 rings (SSSR count). The molecule has 0 radical (unpaired) electrons. The van der Waals surface area contributed by atoms with Gasteiger partial charge in [-0.15, -0.1) is 0 Å². The number of rotatable bonds is 8. The predicted octanol–water partition coefficient (Wildman–Crippen LogP) is 7.37. The van der Waals surface area contributed by atoms with Crippen molar-refractivity contribution in [2.24, 2.45) is 17.8 Å². The van der Waals surface area contributed by atoms with Gasteiger partial charge in [0.25, 0.3) is 0 Å². The summed E-state index contributed by atoms with van der Waals surface area (Å²) in [6.07, 6.45) is 12.3. The van der Waals surface area contributed by atoms with Crippen molar-refractivity contribution in [3.63, 3.8) is 0 Å². The second-order valence-corrected chi connectivity index (χ2v) is 9.93. The molecule has 0 amide bonds. The molecule has 4 nitrogen and oxygen atoms in total. The van der Waals surface area contributed by atoms with E-state index >= 15 is 0 Å². The van der Waals surface area contributed by atoms with Crippen molar-refractivity contribution in [2.45, 2.75) is 77.2 Å². The fraction of sp³-hybridized carbons (Fsp3) is 0.517. The van der Waals surface area contributed by atoms with Gasteiger partial charge in [-0.05, 0) is 86.3 Å². The van der Waals surface area contributed by atoms with Gasteiger partial charge >= 0.3 is 11.9 Å². The maximum Gasteiger partial charge on any atom is 0.346 e. The summed E-state index contributed by atoms with van der Waals surface area (Å²) in [7, 11) is 0. The van der Waals surface area contributed by atoms with Crippen LogP contribution in [0.25, 0.3) is 0 Å². The zero-order valence-corrected chi connectivity index (χ0v) is 20.0. The van der Waals surface area contributed by atoms with Crippen LogP contribution in [0.5, 0.6) is 5.75 Å². The predicted molar refractivity (Wildman–Crippen MR) is 129 cm³/mol.